The van der Waals surface area contributed by atoms with Gasteiger partial charge in [-0.05, 0) is 30.3 Å². The topological polar surface area (TPSA) is 47.4 Å². The van der Waals surface area contributed by atoms with E-state index in [0.717, 1.165) is 34.2 Å². The first-order valence-electron chi connectivity index (χ1n) is 9.54. The van der Waals surface area contributed by atoms with E-state index in [2.05, 4.69) is 27.9 Å². The fourth-order valence-corrected chi connectivity index (χ4v) is 4.77. The van der Waals surface area contributed by atoms with E-state index in [0.29, 0.717) is 18.1 Å². The van der Waals surface area contributed by atoms with Crippen LogP contribution in [0, 0.1) is 0 Å². The van der Waals surface area contributed by atoms with E-state index in [1.807, 2.05) is 48.3 Å². The molecule has 142 valence electrons. The van der Waals surface area contributed by atoms with Crippen LogP contribution in [0.3, 0.4) is 0 Å². The number of benzene rings is 2. The van der Waals surface area contributed by atoms with Gasteiger partial charge in [0.2, 0.25) is 0 Å². The molecule has 0 N–H and O–H groups in total. The number of hydrogen-bond acceptors (Lipinski definition) is 4. The van der Waals surface area contributed by atoms with E-state index < -0.39 is 0 Å². The highest BCUT2D eigenvalue weighted by Crippen LogP contribution is 2.29. The molecule has 3 heterocycles. The van der Waals surface area contributed by atoms with Gasteiger partial charge in [-0.1, -0.05) is 18.2 Å². The lowest BCUT2D eigenvalue weighted by molar-refractivity contribution is 0.0598. The molecule has 2 aromatic heterocycles. The Kier molecular flexibility index (Phi) is 4.28. The van der Waals surface area contributed by atoms with Crippen molar-refractivity contribution in [1.82, 2.24) is 14.5 Å². The van der Waals surface area contributed by atoms with Crippen molar-refractivity contribution in [2.45, 2.75) is 18.9 Å². The molecule has 1 aliphatic heterocycles. The summed E-state index contributed by atoms with van der Waals surface area (Å²) in [5.74, 6) is 0.957. The molecule has 5 rings (SSSR count). The minimum absolute atomic E-state index is 0.0322. The smallest absolute Gasteiger partial charge is 0.282 e. The first-order chi connectivity index (χ1) is 13.7. The van der Waals surface area contributed by atoms with Crippen LogP contribution in [0.5, 0.6) is 5.75 Å². The zero-order valence-electron chi connectivity index (χ0n) is 15.7. The molecule has 0 bridgehead atoms. The Morgan fingerprint density at radius 2 is 1.93 bits per heavy atom. The summed E-state index contributed by atoms with van der Waals surface area (Å²) in [6.45, 7) is 1.40. The molecule has 0 radical (unpaired) electrons. The molecular formula is C22H21N3O2S. The molecule has 0 atom stereocenters. The van der Waals surface area contributed by atoms with Crippen LogP contribution in [-0.4, -0.2) is 39.6 Å². The number of aryl methyl sites for hydroxylation is 1. The number of para-hydroxylation sites is 1. The van der Waals surface area contributed by atoms with Crippen molar-refractivity contribution in [1.29, 1.82) is 0 Å². The van der Waals surface area contributed by atoms with E-state index in [-0.39, 0.29) is 12.0 Å². The fraction of sp³-hybridized carbons (Fsp3) is 0.273. The number of aromatic nitrogens is 2. The predicted octanol–water partition coefficient (Wildman–Crippen LogP) is 4.47. The van der Waals surface area contributed by atoms with Crippen molar-refractivity contribution in [2.75, 3.05) is 13.1 Å². The monoisotopic (exact) mass is 391 g/mol. The first-order valence-corrected chi connectivity index (χ1v) is 10.4. The van der Waals surface area contributed by atoms with Crippen molar-refractivity contribution in [3.63, 3.8) is 0 Å². The van der Waals surface area contributed by atoms with Crippen LogP contribution in [0.4, 0.5) is 0 Å². The number of thiazole rings is 1. The van der Waals surface area contributed by atoms with Gasteiger partial charge in [-0.2, -0.15) is 0 Å². The maximum Gasteiger partial charge on any atom is 0.282 e. The van der Waals surface area contributed by atoms with Gasteiger partial charge in [-0.3, -0.25) is 4.79 Å². The van der Waals surface area contributed by atoms with Crippen LogP contribution in [-0.2, 0) is 7.05 Å². The van der Waals surface area contributed by atoms with Crippen molar-refractivity contribution < 1.29 is 9.53 Å². The minimum Gasteiger partial charge on any atom is -0.490 e. The Morgan fingerprint density at radius 3 is 2.75 bits per heavy atom. The van der Waals surface area contributed by atoms with E-state index >= 15 is 0 Å². The van der Waals surface area contributed by atoms with Gasteiger partial charge in [0, 0.05) is 44.6 Å². The maximum absolute atomic E-state index is 12.8. The number of likely N-dealkylation sites (tertiary alicyclic amines) is 1. The number of fused-ring (bicyclic) bond motifs is 2. The molecule has 1 amide bonds. The highest BCUT2D eigenvalue weighted by Gasteiger charge is 2.27. The normalized spacial score (nSPS) is 15.4. The van der Waals surface area contributed by atoms with E-state index in [9.17, 15) is 4.79 Å². The average molecular weight is 391 g/mol. The lowest BCUT2D eigenvalue weighted by Gasteiger charge is -2.31. The van der Waals surface area contributed by atoms with Gasteiger partial charge in [0.15, 0.2) is 5.01 Å². The van der Waals surface area contributed by atoms with Crippen LogP contribution in [0.1, 0.15) is 22.6 Å². The minimum atomic E-state index is 0.0322. The average Bonchev–Trinajstić information content (AvgIpc) is 3.33. The zero-order valence-corrected chi connectivity index (χ0v) is 16.5. The van der Waals surface area contributed by atoms with Gasteiger partial charge in [0.1, 0.15) is 11.9 Å². The molecule has 2 aromatic carbocycles. The molecule has 1 fully saturated rings. The van der Waals surface area contributed by atoms with Gasteiger partial charge in [-0.25, -0.2) is 4.98 Å². The number of amides is 1. The molecule has 0 spiro atoms. The highest BCUT2D eigenvalue weighted by molar-refractivity contribution is 7.20. The third-order valence-corrected chi connectivity index (χ3v) is 6.41. The zero-order chi connectivity index (χ0) is 19.1. The predicted molar refractivity (Wildman–Crippen MR) is 112 cm³/mol. The number of nitrogens with zero attached hydrogens (tertiary/aromatic N) is 3. The number of rotatable bonds is 3. The number of ether oxygens (including phenoxy) is 1. The molecule has 4 aromatic rings. The summed E-state index contributed by atoms with van der Waals surface area (Å²) in [5.41, 5.74) is 2.06. The second-order valence-corrected chi connectivity index (χ2v) is 8.24. The third-order valence-electron chi connectivity index (χ3n) is 5.39. The van der Waals surface area contributed by atoms with Crippen LogP contribution < -0.4 is 4.74 Å². The highest BCUT2D eigenvalue weighted by atomic mass is 32.1. The van der Waals surface area contributed by atoms with Crippen molar-refractivity contribution >= 4 is 38.4 Å². The first kappa shape index (κ1) is 17.3. The van der Waals surface area contributed by atoms with Gasteiger partial charge in [0.05, 0.1) is 15.7 Å². The lowest BCUT2D eigenvalue weighted by atomic mass is 10.1. The van der Waals surface area contributed by atoms with Crippen LogP contribution in [0.15, 0.2) is 54.7 Å². The van der Waals surface area contributed by atoms with Gasteiger partial charge in [-0.15, -0.1) is 11.3 Å². The molecule has 1 saturated heterocycles. The van der Waals surface area contributed by atoms with Crippen LogP contribution >= 0.6 is 11.3 Å². The molecule has 28 heavy (non-hydrogen) atoms. The van der Waals surface area contributed by atoms with E-state index in [1.165, 1.54) is 16.9 Å². The van der Waals surface area contributed by atoms with Gasteiger partial charge >= 0.3 is 0 Å². The molecule has 6 heteroatoms. The Morgan fingerprint density at radius 1 is 1.11 bits per heavy atom. The van der Waals surface area contributed by atoms with Gasteiger partial charge in [0.25, 0.3) is 5.91 Å². The van der Waals surface area contributed by atoms with Crippen molar-refractivity contribution in [2.24, 2.45) is 7.05 Å². The molecule has 0 saturated carbocycles. The lowest BCUT2D eigenvalue weighted by Crippen LogP contribution is -2.41. The Labute approximate surface area is 167 Å². The SMILES string of the molecule is Cn1ccc2c(OC3CCN(C(=O)c4nc5ccccc5s4)CC3)cccc21. The fourth-order valence-electron chi connectivity index (χ4n) is 3.83. The van der Waals surface area contributed by atoms with Crippen molar-refractivity contribution in [3.05, 3.63) is 59.7 Å². The molecule has 5 nitrogen and oxygen atoms in total. The Balaban J connectivity index is 1.26. The standard InChI is InChI=1S/C22H21N3O2S/c1-24-12-11-16-18(24)6-4-7-19(16)27-15-9-13-25(14-10-15)22(26)21-23-17-5-2-3-8-20(17)28-21/h2-8,11-12,15H,9-10,13-14H2,1H3. The summed E-state index contributed by atoms with van der Waals surface area (Å²) >= 11 is 1.47. The second kappa shape index (κ2) is 6.95. The third kappa shape index (κ3) is 3.03. The number of piperidine rings is 1. The molecule has 0 aliphatic carbocycles. The van der Waals surface area contributed by atoms with Gasteiger partial charge < -0.3 is 14.2 Å². The van der Waals surface area contributed by atoms with E-state index in [1.54, 1.807) is 0 Å². The summed E-state index contributed by atoms with van der Waals surface area (Å²) in [7, 11) is 2.04. The Hall–Kier alpha value is -2.86. The molecular weight excluding hydrogens is 370 g/mol. The summed E-state index contributed by atoms with van der Waals surface area (Å²) in [6, 6.07) is 16.1. The number of carbonyl (C=O) groups is 1. The number of carbonyl (C=O) groups excluding carboxylic acids is 1. The largest absolute Gasteiger partial charge is 0.490 e. The summed E-state index contributed by atoms with van der Waals surface area (Å²) in [6.07, 6.45) is 3.85. The van der Waals surface area contributed by atoms with Crippen LogP contribution in [0.2, 0.25) is 0 Å². The quantitative estimate of drug-likeness (QED) is 0.518. The van der Waals surface area contributed by atoms with Crippen LogP contribution in [0.25, 0.3) is 21.1 Å². The maximum atomic E-state index is 12.8. The Bertz CT molecular complexity index is 1120. The van der Waals surface area contributed by atoms with E-state index in [4.69, 9.17) is 4.74 Å². The summed E-state index contributed by atoms with van der Waals surface area (Å²) < 4.78 is 9.45. The number of hydrogen-bond donors (Lipinski definition) is 0. The molecule has 1 aliphatic rings. The summed E-state index contributed by atoms with van der Waals surface area (Å²) in [4.78, 5) is 19.3. The van der Waals surface area contributed by atoms with Crippen molar-refractivity contribution in [3.8, 4) is 5.75 Å². The summed E-state index contributed by atoms with van der Waals surface area (Å²) in [5, 5.41) is 1.72. The molecule has 0 unspecified atom stereocenters. The second-order valence-electron chi connectivity index (χ2n) is 7.21.